The van der Waals surface area contributed by atoms with E-state index in [1.807, 2.05) is 18.2 Å². The van der Waals surface area contributed by atoms with Crippen molar-refractivity contribution in [3.8, 4) is 23.3 Å². The number of fused-ring (bicyclic) bond motifs is 2. The molecule has 2 N–H and O–H groups in total. The SMILES string of the molecule is Cc1noc(-c2ccc3c(c2)C2(CCO3)CC2C(=O)Nc2cc(C#N)ccc2CCCC(=O)O)n1. The van der Waals surface area contributed by atoms with Gasteiger partial charge in [0.1, 0.15) is 5.75 Å². The van der Waals surface area contributed by atoms with Gasteiger partial charge in [-0.05, 0) is 68.5 Å². The predicted molar refractivity (Wildman–Crippen MR) is 125 cm³/mol. The Morgan fingerprint density at radius 3 is 2.89 bits per heavy atom. The zero-order valence-corrected chi connectivity index (χ0v) is 19.2. The molecule has 1 aliphatic heterocycles. The van der Waals surface area contributed by atoms with Gasteiger partial charge in [0.05, 0.1) is 18.2 Å². The Kier molecular flexibility index (Phi) is 5.73. The molecule has 1 spiro atoms. The van der Waals surface area contributed by atoms with Crippen LogP contribution in [0.25, 0.3) is 11.5 Å². The summed E-state index contributed by atoms with van der Waals surface area (Å²) in [7, 11) is 0. The molecule has 1 aliphatic carbocycles. The highest BCUT2D eigenvalue weighted by Crippen LogP contribution is 2.61. The van der Waals surface area contributed by atoms with Gasteiger partial charge >= 0.3 is 5.97 Å². The number of nitrogens with zero attached hydrogens (tertiary/aromatic N) is 3. The van der Waals surface area contributed by atoms with Crippen molar-refractivity contribution in [2.75, 3.05) is 11.9 Å². The van der Waals surface area contributed by atoms with Crippen LogP contribution in [0, 0.1) is 24.2 Å². The Morgan fingerprint density at radius 1 is 1.29 bits per heavy atom. The van der Waals surface area contributed by atoms with Crippen molar-refractivity contribution in [3.05, 3.63) is 58.9 Å². The normalized spacial score (nSPS) is 19.9. The molecule has 5 rings (SSSR count). The van der Waals surface area contributed by atoms with Gasteiger partial charge in [-0.25, -0.2) is 0 Å². The monoisotopic (exact) mass is 472 g/mol. The highest BCUT2D eigenvalue weighted by atomic mass is 16.5. The molecule has 1 fully saturated rings. The number of rotatable bonds is 7. The van der Waals surface area contributed by atoms with Gasteiger partial charge in [0.25, 0.3) is 5.89 Å². The lowest BCUT2D eigenvalue weighted by Crippen LogP contribution is -2.27. The number of benzene rings is 2. The molecule has 2 aliphatic rings. The molecule has 3 aromatic rings. The summed E-state index contributed by atoms with van der Waals surface area (Å²) >= 11 is 0. The molecule has 1 amide bonds. The van der Waals surface area contributed by atoms with Gasteiger partial charge in [-0.2, -0.15) is 10.2 Å². The molecule has 2 atom stereocenters. The Morgan fingerprint density at radius 2 is 2.14 bits per heavy atom. The van der Waals surface area contributed by atoms with Crippen molar-refractivity contribution < 1.29 is 24.0 Å². The summed E-state index contributed by atoms with van der Waals surface area (Å²) in [6.07, 6.45) is 2.38. The molecular weight excluding hydrogens is 448 g/mol. The first kappa shape index (κ1) is 22.6. The molecular formula is C26H24N4O5. The molecule has 2 unspecified atom stereocenters. The van der Waals surface area contributed by atoms with E-state index in [1.54, 1.807) is 25.1 Å². The number of nitriles is 1. The summed E-state index contributed by atoms with van der Waals surface area (Å²) in [4.78, 5) is 28.6. The van der Waals surface area contributed by atoms with E-state index in [9.17, 15) is 14.9 Å². The van der Waals surface area contributed by atoms with E-state index in [2.05, 4.69) is 21.5 Å². The number of hydrogen-bond donors (Lipinski definition) is 2. The molecule has 0 radical (unpaired) electrons. The van der Waals surface area contributed by atoms with Gasteiger partial charge in [-0.1, -0.05) is 11.2 Å². The highest BCUT2D eigenvalue weighted by Gasteiger charge is 2.61. The third-order valence-electron chi connectivity index (χ3n) is 6.82. The summed E-state index contributed by atoms with van der Waals surface area (Å²) in [6, 6.07) is 12.9. The first-order valence-corrected chi connectivity index (χ1v) is 11.5. The summed E-state index contributed by atoms with van der Waals surface area (Å²) < 4.78 is 11.2. The second-order valence-corrected chi connectivity index (χ2v) is 9.09. The van der Waals surface area contributed by atoms with Gasteiger partial charge in [0, 0.05) is 34.6 Å². The lowest BCUT2D eigenvalue weighted by atomic mass is 9.86. The number of carbonyl (C=O) groups is 2. The first-order chi connectivity index (χ1) is 16.9. The van der Waals surface area contributed by atoms with Gasteiger partial charge in [-0.3, -0.25) is 9.59 Å². The number of carboxylic acids is 1. The Labute approximate surface area is 201 Å². The van der Waals surface area contributed by atoms with E-state index in [0.717, 1.165) is 22.4 Å². The average molecular weight is 473 g/mol. The lowest BCUT2D eigenvalue weighted by molar-refractivity contribution is -0.137. The average Bonchev–Trinajstić information content (AvgIpc) is 3.40. The Hall–Kier alpha value is -4.19. The van der Waals surface area contributed by atoms with Crippen LogP contribution in [0.2, 0.25) is 0 Å². The fourth-order valence-electron chi connectivity index (χ4n) is 4.92. The van der Waals surface area contributed by atoms with E-state index in [-0.39, 0.29) is 23.7 Å². The number of nitrogens with one attached hydrogen (secondary N) is 1. The van der Waals surface area contributed by atoms with Crippen LogP contribution in [-0.2, 0) is 21.4 Å². The summed E-state index contributed by atoms with van der Waals surface area (Å²) in [5.41, 5.74) is 3.22. The minimum Gasteiger partial charge on any atom is -0.493 e. The quantitative estimate of drug-likeness (QED) is 0.526. The predicted octanol–water partition coefficient (Wildman–Crippen LogP) is 4.00. The molecule has 2 aromatic carbocycles. The number of amides is 1. The second kappa shape index (κ2) is 8.87. The lowest BCUT2D eigenvalue weighted by Gasteiger charge is -2.27. The molecule has 9 nitrogen and oxygen atoms in total. The molecule has 0 bridgehead atoms. The fourth-order valence-corrected chi connectivity index (χ4v) is 4.92. The molecule has 2 heterocycles. The van der Waals surface area contributed by atoms with E-state index < -0.39 is 5.97 Å². The van der Waals surface area contributed by atoms with Crippen molar-refractivity contribution in [2.24, 2.45) is 5.92 Å². The number of carboxylic acid groups (broad SMARTS) is 1. The highest BCUT2D eigenvalue weighted by molar-refractivity contribution is 5.97. The minimum atomic E-state index is -0.864. The fraction of sp³-hybridized carbons (Fsp3) is 0.346. The molecule has 1 saturated carbocycles. The Balaban J connectivity index is 1.38. The topological polar surface area (TPSA) is 138 Å². The number of ether oxygens (including phenoxy) is 1. The van der Waals surface area contributed by atoms with Crippen molar-refractivity contribution in [1.82, 2.24) is 10.1 Å². The number of carbonyl (C=O) groups excluding carboxylic acids is 1. The summed E-state index contributed by atoms with van der Waals surface area (Å²) in [5, 5.41) is 25.1. The van der Waals surface area contributed by atoms with Crippen LogP contribution >= 0.6 is 0 Å². The maximum Gasteiger partial charge on any atom is 0.303 e. The molecule has 9 heteroatoms. The summed E-state index contributed by atoms with van der Waals surface area (Å²) in [6.45, 7) is 2.29. The largest absolute Gasteiger partial charge is 0.493 e. The van der Waals surface area contributed by atoms with Gasteiger partial charge in [-0.15, -0.1) is 0 Å². The van der Waals surface area contributed by atoms with Crippen LogP contribution in [0.4, 0.5) is 5.69 Å². The molecule has 1 aromatic heterocycles. The number of aryl methyl sites for hydroxylation is 2. The molecule has 35 heavy (non-hydrogen) atoms. The van der Waals surface area contributed by atoms with Crippen LogP contribution in [0.5, 0.6) is 5.75 Å². The zero-order chi connectivity index (χ0) is 24.6. The van der Waals surface area contributed by atoms with Gasteiger partial charge in [0.2, 0.25) is 5.91 Å². The zero-order valence-electron chi connectivity index (χ0n) is 19.2. The van der Waals surface area contributed by atoms with Crippen molar-refractivity contribution in [2.45, 2.75) is 44.4 Å². The van der Waals surface area contributed by atoms with Crippen LogP contribution < -0.4 is 10.1 Å². The van der Waals surface area contributed by atoms with Crippen molar-refractivity contribution in [1.29, 1.82) is 5.26 Å². The third-order valence-corrected chi connectivity index (χ3v) is 6.82. The summed E-state index contributed by atoms with van der Waals surface area (Å²) in [5.74, 6) is 0.497. The number of anilines is 1. The maximum atomic E-state index is 13.4. The van der Waals surface area contributed by atoms with Crippen LogP contribution in [0.15, 0.2) is 40.9 Å². The number of aromatic nitrogens is 2. The van der Waals surface area contributed by atoms with E-state index >= 15 is 0 Å². The minimum absolute atomic E-state index is 0.0395. The first-order valence-electron chi connectivity index (χ1n) is 11.5. The van der Waals surface area contributed by atoms with Gasteiger partial charge in [0.15, 0.2) is 5.82 Å². The van der Waals surface area contributed by atoms with Gasteiger partial charge < -0.3 is 19.7 Å². The van der Waals surface area contributed by atoms with Crippen molar-refractivity contribution >= 4 is 17.6 Å². The standard InChI is InChI=1S/C26H24N4O5/c1-15-28-25(35-30-15)18-7-8-22-19(12-18)26(9-10-34-22)13-20(26)24(33)29-21-11-16(14-27)5-6-17(21)3-2-4-23(31)32/h5-8,11-12,20H,2-4,9-10,13H2,1H3,(H,29,33)(H,31,32). The number of aliphatic carboxylic acids is 1. The van der Waals surface area contributed by atoms with Crippen molar-refractivity contribution in [3.63, 3.8) is 0 Å². The van der Waals surface area contributed by atoms with E-state index in [1.165, 1.54) is 0 Å². The third kappa shape index (κ3) is 4.35. The smallest absolute Gasteiger partial charge is 0.303 e. The van der Waals surface area contributed by atoms with E-state index in [4.69, 9.17) is 14.4 Å². The maximum absolute atomic E-state index is 13.4. The van der Waals surface area contributed by atoms with E-state index in [0.29, 0.717) is 55.3 Å². The Bertz CT molecular complexity index is 1360. The number of hydrogen-bond acceptors (Lipinski definition) is 7. The molecule has 0 saturated heterocycles. The second-order valence-electron chi connectivity index (χ2n) is 9.09. The van der Waals surface area contributed by atoms with Crippen LogP contribution in [0.1, 0.15) is 48.2 Å². The molecule has 178 valence electrons. The van der Waals surface area contributed by atoms with Crippen LogP contribution in [0.3, 0.4) is 0 Å². The van der Waals surface area contributed by atoms with Crippen LogP contribution in [-0.4, -0.2) is 33.7 Å².